The van der Waals surface area contributed by atoms with Gasteiger partial charge in [0.2, 0.25) is 0 Å². The van der Waals surface area contributed by atoms with Crippen LogP contribution in [0.15, 0.2) is 40.8 Å². The lowest BCUT2D eigenvalue weighted by Crippen LogP contribution is -2.42. The molecule has 2 bridgehead atoms. The predicted octanol–water partition coefficient (Wildman–Crippen LogP) is 3.59. The van der Waals surface area contributed by atoms with E-state index in [2.05, 4.69) is 10.6 Å². The van der Waals surface area contributed by atoms with Crippen molar-refractivity contribution in [2.75, 3.05) is 0 Å². The second-order valence-corrected chi connectivity index (χ2v) is 6.57. The highest BCUT2D eigenvalue weighted by Crippen LogP contribution is 2.37. The van der Waals surface area contributed by atoms with E-state index < -0.39 is 17.6 Å². The summed E-state index contributed by atoms with van der Waals surface area (Å²) in [5.74, 6) is -0.339. The molecule has 4 rings (SSSR count). The molecule has 2 fully saturated rings. The van der Waals surface area contributed by atoms with Gasteiger partial charge in [-0.3, -0.25) is 4.79 Å². The van der Waals surface area contributed by atoms with Gasteiger partial charge >= 0.3 is 6.18 Å². The van der Waals surface area contributed by atoms with Crippen molar-refractivity contribution >= 4 is 5.91 Å². The number of halogens is 3. The summed E-state index contributed by atoms with van der Waals surface area (Å²) in [6.45, 7) is 0. The standard InChI is InChI=1S/C18H17F3N2O2/c19-18(20,21)12-4-2-1-3-11(12)15-7-8-16(25-15)17(24)23-14-9-10-5-6-13(14)22-10/h1-4,7-8,10,13-14,22H,5-6,9H2,(H,23,24). The molecule has 4 nitrogen and oxygen atoms in total. The highest BCUT2D eigenvalue weighted by atomic mass is 19.4. The van der Waals surface area contributed by atoms with E-state index in [-0.39, 0.29) is 29.2 Å². The van der Waals surface area contributed by atoms with E-state index in [4.69, 9.17) is 4.42 Å². The molecular formula is C18H17F3N2O2. The zero-order valence-corrected chi connectivity index (χ0v) is 13.3. The van der Waals surface area contributed by atoms with Gasteiger partial charge in [0.05, 0.1) is 5.56 Å². The summed E-state index contributed by atoms with van der Waals surface area (Å²) in [4.78, 5) is 12.3. The van der Waals surface area contributed by atoms with Crippen LogP contribution in [0.2, 0.25) is 0 Å². The number of alkyl halides is 3. The Morgan fingerprint density at radius 3 is 2.64 bits per heavy atom. The van der Waals surface area contributed by atoms with Gasteiger partial charge < -0.3 is 15.1 Å². The number of hydrogen-bond acceptors (Lipinski definition) is 3. The SMILES string of the molecule is O=C(NC1CC2CCC1N2)c1ccc(-c2ccccc2C(F)(F)F)o1. The molecule has 132 valence electrons. The molecule has 2 aliphatic rings. The molecule has 3 atom stereocenters. The summed E-state index contributed by atoms with van der Waals surface area (Å²) in [5.41, 5.74) is -0.857. The van der Waals surface area contributed by atoms with E-state index in [1.165, 1.54) is 30.3 Å². The Morgan fingerprint density at radius 1 is 1.16 bits per heavy atom. The first-order valence-electron chi connectivity index (χ1n) is 8.25. The molecule has 0 radical (unpaired) electrons. The van der Waals surface area contributed by atoms with Crippen molar-refractivity contribution in [2.45, 2.75) is 43.6 Å². The second kappa shape index (κ2) is 5.91. The molecule has 0 aliphatic carbocycles. The van der Waals surface area contributed by atoms with E-state index in [0.717, 1.165) is 25.3 Å². The third-order valence-corrected chi connectivity index (χ3v) is 4.94. The van der Waals surface area contributed by atoms with E-state index in [1.807, 2.05) is 0 Å². The first-order valence-corrected chi connectivity index (χ1v) is 8.25. The number of hydrogen-bond donors (Lipinski definition) is 2. The van der Waals surface area contributed by atoms with Crippen LogP contribution in [0.5, 0.6) is 0 Å². The highest BCUT2D eigenvalue weighted by Gasteiger charge is 2.40. The Kier molecular flexibility index (Phi) is 3.83. The third-order valence-electron chi connectivity index (χ3n) is 4.94. The molecule has 0 spiro atoms. The van der Waals surface area contributed by atoms with Gasteiger partial charge in [-0.05, 0) is 37.5 Å². The molecule has 2 aromatic rings. The quantitative estimate of drug-likeness (QED) is 0.890. The first kappa shape index (κ1) is 16.2. The average molecular weight is 350 g/mol. The number of fused-ring (bicyclic) bond motifs is 2. The average Bonchev–Trinajstić information content (AvgIpc) is 3.30. The van der Waals surface area contributed by atoms with Crippen LogP contribution in [-0.2, 0) is 6.18 Å². The monoisotopic (exact) mass is 350 g/mol. The molecular weight excluding hydrogens is 333 g/mol. The molecule has 0 saturated carbocycles. The van der Waals surface area contributed by atoms with Crippen LogP contribution in [0, 0.1) is 0 Å². The minimum absolute atomic E-state index is 0.0229. The number of furan rings is 1. The summed E-state index contributed by atoms with van der Waals surface area (Å²) in [6, 6.07) is 8.75. The molecule has 1 aromatic heterocycles. The largest absolute Gasteiger partial charge is 0.451 e. The van der Waals surface area contributed by atoms with Crippen molar-refractivity contribution in [2.24, 2.45) is 0 Å². The van der Waals surface area contributed by atoms with Crippen LogP contribution in [0.25, 0.3) is 11.3 Å². The second-order valence-electron chi connectivity index (χ2n) is 6.57. The van der Waals surface area contributed by atoms with Crippen LogP contribution in [0.1, 0.15) is 35.4 Å². The van der Waals surface area contributed by atoms with Gasteiger partial charge in [0, 0.05) is 23.7 Å². The third kappa shape index (κ3) is 3.04. The van der Waals surface area contributed by atoms with Crippen molar-refractivity contribution in [3.05, 3.63) is 47.7 Å². The molecule has 2 aliphatic heterocycles. The molecule has 2 N–H and O–H groups in total. The first-order chi connectivity index (χ1) is 11.9. The lowest BCUT2D eigenvalue weighted by molar-refractivity contribution is -0.137. The number of benzene rings is 1. The van der Waals surface area contributed by atoms with Crippen LogP contribution in [-0.4, -0.2) is 24.0 Å². The van der Waals surface area contributed by atoms with Crippen molar-refractivity contribution in [3.63, 3.8) is 0 Å². The van der Waals surface area contributed by atoms with Gasteiger partial charge in [0.1, 0.15) is 5.76 Å². The van der Waals surface area contributed by atoms with Crippen LogP contribution in [0.3, 0.4) is 0 Å². The number of nitrogens with one attached hydrogen (secondary N) is 2. The summed E-state index contributed by atoms with van der Waals surface area (Å²) < 4.78 is 44.8. The lowest BCUT2D eigenvalue weighted by atomic mass is 9.95. The Bertz CT molecular complexity index is 800. The van der Waals surface area contributed by atoms with Crippen molar-refractivity contribution in [1.29, 1.82) is 0 Å². The maximum atomic E-state index is 13.1. The van der Waals surface area contributed by atoms with Gasteiger partial charge in [-0.1, -0.05) is 18.2 Å². The Morgan fingerprint density at radius 2 is 1.96 bits per heavy atom. The zero-order chi connectivity index (χ0) is 17.6. The zero-order valence-electron chi connectivity index (χ0n) is 13.3. The van der Waals surface area contributed by atoms with Gasteiger partial charge in [-0.2, -0.15) is 13.2 Å². The Balaban J connectivity index is 1.54. The summed E-state index contributed by atoms with van der Waals surface area (Å²) in [5, 5.41) is 6.34. The van der Waals surface area contributed by atoms with Crippen LogP contribution < -0.4 is 10.6 Å². The molecule has 1 amide bonds. The summed E-state index contributed by atoms with van der Waals surface area (Å²) in [6.07, 6.45) is -1.46. The number of carbonyl (C=O) groups excluding carboxylic acids is 1. The maximum Gasteiger partial charge on any atom is 0.417 e. The van der Waals surface area contributed by atoms with Gasteiger partial charge in [-0.15, -0.1) is 0 Å². The van der Waals surface area contributed by atoms with E-state index >= 15 is 0 Å². The maximum absolute atomic E-state index is 13.1. The van der Waals surface area contributed by atoms with E-state index in [0.29, 0.717) is 6.04 Å². The fraction of sp³-hybridized carbons (Fsp3) is 0.389. The van der Waals surface area contributed by atoms with Gasteiger partial charge in [0.15, 0.2) is 5.76 Å². The molecule has 2 saturated heterocycles. The molecule has 3 unspecified atom stereocenters. The van der Waals surface area contributed by atoms with E-state index in [9.17, 15) is 18.0 Å². The lowest BCUT2D eigenvalue weighted by Gasteiger charge is -2.20. The highest BCUT2D eigenvalue weighted by molar-refractivity contribution is 5.92. The molecule has 25 heavy (non-hydrogen) atoms. The Hall–Kier alpha value is -2.28. The van der Waals surface area contributed by atoms with Gasteiger partial charge in [-0.25, -0.2) is 0 Å². The van der Waals surface area contributed by atoms with Crippen molar-refractivity contribution in [3.8, 4) is 11.3 Å². The van der Waals surface area contributed by atoms with Crippen molar-refractivity contribution in [1.82, 2.24) is 10.6 Å². The molecule has 3 heterocycles. The summed E-state index contributed by atoms with van der Waals surface area (Å²) in [7, 11) is 0. The van der Waals surface area contributed by atoms with Crippen LogP contribution in [0.4, 0.5) is 13.2 Å². The smallest absolute Gasteiger partial charge is 0.417 e. The summed E-state index contributed by atoms with van der Waals surface area (Å²) >= 11 is 0. The topological polar surface area (TPSA) is 54.3 Å². The number of amides is 1. The van der Waals surface area contributed by atoms with Crippen molar-refractivity contribution < 1.29 is 22.4 Å². The minimum Gasteiger partial charge on any atom is -0.451 e. The Labute approximate surface area is 142 Å². The predicted molar refractivity (Wildman–Crippen MR) is 85.0 cm³/mol. The normalized spacial score (nSPS) is 25.3. The fourth-order valence-electron chi connectivity index (χ4n) is 3.77. The number of rotatable bonds is 3. The number of carbonyl (C=O) groups is 1. The molecule has 7 heteroatoms. The van der Waals surface area contributed by atoms with Gasteiger partial charge in [0.25, 0.3) is 5.91 Å². The fourth-order valence-corrected chi connectivity index (χ4v) is 3.77. The van der Waals surface area contributed by atoms with Crippen LogP contribution >= 0.6 is 0 Å². The molecule has 1 aromatic carbocycles. The van der Waals surface area contributed by atoms with E-state index in [1.54, 1.807) is 0 Å². The minimum atomic E-state index is -4.49.